The van der Waals surface area contributed by atoms with E-state index in [1.54, 1.807) is 11.3 Å². The smallest absolute Gasteiger partial charge is 0.0346 e. The molecule has 2 rings (SSSR count). The number of rotatable bonds is 0. The Balaban J connectivity index is 2.82. The number of thiophene rings is 1. The first-order valence-electron chi connectivity index (χ1n) is 3.27. The van der Waals surface area contributed by atoms with Gasteiger partial charge in [0, 0.05) is 13.1 Å². The summed E-state index contributed by atoms with van der Waals surface area (Å²) in [5, 5.41) is 1.31. The molecule has 0 aliphatic carbocycles. The van der Waals surface area contributed by atoms with E-state index in [4.69, 9.17) is 0 Å². The first-order valence-corrected chi connectivity index (χ1v) is 5.16. The molecule has 2 heteroatoms. The van der Waals surface area contributed by atoms with Crippen molar-refractivity contribution in [2.24, 2.45) is 0 Å². The van der Waals surface area contributed by atoms with Crippen LogP contribution in [0.3, 0.4) is 0 Å². The summed E-state index contributed by atoms with van der Waals surface area (Å²) in [5.41, 5.74) is 0. The van der Waals surface area contributed by atoms with Crippen molar-refractivity contribution in [3.05, 3.63) is 39.6 Å². The molecule has 55 valence electrons. The van der Waals surface area contributed by atoms with Gasteiger partial charge in [0.05, 0.1) is 0 Å². The molecule has 0 aliphatic rings. The maximum absolute atomic E-state index is 3.90. The average molecular weight is 273 g/mol. The Morgan fingerprint density at radius 2 is 2.09 bits per heavy atom. The van der Waals surface area contributed by atoms with Crippen LogP contribution in [0.25, 0.3) is 10.1 Å². The number of fused-ring (bicyclic) bond motifs is 1. The maximum Gasteiger partial charge on any atom is 0.0346 e. The highest BCUT2D eigenvalue weighted by Crippen LogP contribution is 2.25. The Morgan fingerprint density at radius 1 is 1.27 bits per heavy atom. The summed E-state index contributed by atoms with van der Waals surface area (Å²) in [7, 11) is 0. The Hall–Kier alpha value is -0.0900. The highest BCUT2D eigenvalue weighted by molar-refractivity contribution is 14.1. The van der Waals surface area contributed by atoms with E-state index in [1.165, 1.54) is 13.7 Å². The third kappa shape index (κ3) is 1.42. The van der Waals surface area contributed by atoms with Crippen LogP contribution in [0.2, 0.25) is 0 Å². The summed E-state index contributed by atoms with van der Waals surface area (Å²) in [6.45, 7) is 3.90. The zero-order valence-corrected chi connectivity index (χ0v) is 8.78. The SMILES string of the molecule is [CH2]c1cc2cc(I)ccc2s1. The van der Waals surface area contributed by atoms with Gasteiger partial charge in [0.25, 0.3) is 0 Å². The zero-order valence-electron chi connectivity index (χ0n) is 5.80. The van der Waals surface area contributed by atoms with Gasteiger partial charge in [-0.2, -0.15) is 0 Å². The molecule has 11 heavy (non-hydrogen) atoms. The molecule has 1 aromatic heterocycles. The maximum atomic E-state index is 3.90. The average Bonchev–Trinajstić information content (AvgIpc) is 2.27. The van der Waals surface area contributed by atoms with E-state index in [9.17, 15) is 0 Å². The van der Waals surface area contributed by atoms with Gasteiger partial charge in [-0.1, -0.05) is 0 Å². The van der Waals surface area contributed by atoms with E-state index in [-0.39, 0.29) is 0 Å². The van der Waals surface area contributed by atoms with Crippen LogP contribution in [0.15, 0.2) is 24.3 Å². The topological polar surface area (TPSA) is 0 Å². The van der Waals surface area contributed by atoms with Crippen LogP contribution in [0.4, 0.5) is 0 Å². The third-order valence-electron chi connectivity index (χ3n) is 1.53. The van der Waals surface area contributed by atoms with Crippen LogP contribution in [0.1, 0.15) is 4.88 Å². The van der Waals surface area contributed by atoms with E-state index in [2.05, 4.69) is 53.8 Å². The van der Waals surface area contributed by atoms with Gasteiger partial charge >= 0.3 is 0 Å². The second-order valence-electron chi connectivity index (χ2n) is 2.39. The molecule has 0 unspecified atom stereocenters. The fourth-order valence-corrected chi connectivity index (χ4v) is 2.42. The molecule has 1 aromatic carbocycles. The lowest BCUT2D eigenvalue weighted by molar-refractivity contribution is 1.75. The lowest BCUT2D eigenvalue weighted by atomic mass is 10.2. The van der Waals surface area contributed by atoms with E-state index in [0.717, 1.165) is 4.88 Å². The molecule has 1 radical (unpaired) electrons. The molecule has 0 saturated carbocycles. The van der Waals surface area contributed by atoms with Gasteiger partial charge in [-0.3, -0.25) is 0 Å². The van der Waals surface area contributed by atoms with Crippen molar-refractivity contribution in [2.75, 3.05) is 0 Å². The Morgan fingerprint density at radius 3 is 2.91 bits per heavy atom. The van der Waals surface area contributed by atoms with Gasteiger partial charge in [0.2, 0.25) is 0 Å². The van der Waals surface area contributed by atoms with Crippen LogP contribution < -0.4 is 0 Å². The number of hydrogen-bond acceptors (Lipinski definition) is 1. The van der Waals surface area contributed by atoms with E-state index < -0.39 is 0 Å². The summed E-state index contributed by atoms with van der Waals surface area (Å²) in [4.78, 5) is 1.14. The summed E-state index contributed by atoms with van der Waals surface area (Å²) in [6, 6.07) is 8.58. The van der Waals surface area contributed by atoms with Gasteiger partial charge in [-0.25, -0.2) is 0 Å². The minimum Gasteiger partial charge on any atom is -0.140 e. The van der Waals surface area contributed by atoms with Crippen molar-refractivity contribution < 1.29 is 0 Å². The molecule has 0 nitrogen and oxygen atoms in total. The Kier molecular flexibility index (Phi) is 1.89. The van der Waals surface area contributed by atoms with Gasteiger partial charge in [-0.15, -0.1) is 11.3 Å². The monoisotopic (exact) mass is 273 g/mol. The van der Waals surface area contributed by atoms with Crippen molar-refractivity contribution in [3.63, 3.8) is 0 Å². The minimum atomic E-state index is 1.14. The molecule has 0 bridgehead atoms. The largest absolute Gasteiger partial charge is 0.140 e. The quantitative estimate of drug-likeness (QED) is 0.642. The molecule has 0 atom stereocenters. The molecular weight excluding hydrogens is 267 g/mol. The van der Waals surface area contributed by atoms with Gasteiger partial charge in [0.1, 0.15) is 0 Å². The molecular formula is C9H6IS. The predicted octanol–water partition coefficient (Wildman–Crippen LogP) is 3.69. The lowest BCUT2D eigenvalue weighted by Gasteiger charge is -1.88. The molecule has 0 amide bonds. The predicted molar refractivity (Wildman–Crippen MR) is 59.0 cm³/mol. The Bertz CT molecular complexity index is 389. The fraction of sp³-hybridized carbons (Fsp3) is 0. The normalized spacial score (nSPS) is 10.7. The van der Waals surface area contributed by atoms with Crippen molar-refractivity contribution in [2.45, 2.75) is 0 Å². The van der Waals surface area contributed by atoms with Crippen LogP contribution in [0.5, 0.6) is 0 Å². The molecule has 0 N–H and O–H groups in total. The fourth-order valence-electron chi connectivity index (χ4n) is 1.07. The molecule has 0 fully saturated rings. The molecule has 0 spiro atoms. The second-order valence-corrected chi connectivity index (χ2v) is 4.81. The highest BCUT2D eigenvalue weighted by atomic mass is 127. The van der Waals surface area contributed by atoms with Crippen molar-refractivity contribution in [3.8, 4) is 0 Å². The molecule has 0 aliphatic heterocycles. The van der Waals surface area contributed by atoms with Crippen molar-refractivity contribution in [1.82, 2.24) is 0 Å². The van der Waals surface area contributed by atoms with E-state index >= 15 is 0 Å². The van der Waals surface area contributed by atoms with Gasteiger partial charge in [-0.05, 0) is 59.2 Å². The molecule has 1 heterocycles. The van der Waals surface area contributed by atoms with Gasteiger partial charge < -0.3 is 0 Å². The second kappa shape index (κ2) is 2.75. The minimum absolute atomic E-state index is 1.14. The number of halogens is 1. The lowest BCUT2D eigenvalue weighted by Crippen LogP contribution is -1.66. The number of hydrogen-bond donors (Lipinski definition) is 0. The van der Waals surface area contributed by atoms with Crippen molar-refractivity contribution >= 4 is 44.0 Å². The summed E-state index contributed by atoms with van der Waals surface area (Å²) in [6.07, 6.45) is 0. The summed E-state index contributed by atoms with van der Waals surface area (Å²) in [5.74, 6) is 0. The van der Waals surface area contributed by atoms with E-state index in [1.807, 2.05) is 0 Å². The molecule has 2 aromatic rings. The van der Waals surface area contributed by atoms with Crippen molar-refractivity contribution in [1.29, 1.82) is 0 Å². The summed E-state index contributed by atoms with van der Waals surface area (Å²) >= 11 is 4.07. The van der Waals surface area contributed by atoms with Crippen LogP contribution in [-0.2, 0) is 0 Å². The molecule has 0 saturated heterocycles. The number of benzene rings is 1. The van der Waals surface area contributed by atoms with E-state index in [0.29, 0.717) is 0 Å². The summed E-state index contributed by atoms with van der Waals surface area (Å²) < 4.78 is 2.61. The zero-order chi connectivity index (χ0) is 7.84. The van der Waals surface area contributed by atoms with Crippen LogP contribution >= 0.6 is 33.9 Å². The first-order chi connectivity index (χ1) is 5.25. The highest BCUT2D eigenvalue weighted by Gasteiger charge is 1.97. The first kappa shape index (κ1) is 7.55. The Labute approximate surface area is 83.4 Å². The van der Waals surface area contributed by atoms with Gasteiger partial charge in [0.15, 0.2) is 0 Å². The third-order valence-corrected chi connectivity index (χ3v) is 3.17. The standard InChI is InChI=1S/C9H6IS/c1-6-4-7-5-8(10)2-3-9(7)11-6/h2-5H,1H2. The van der Waals surface area contributed by atoms with Crippen LogP contribution in [0, 0.1) is 10.5 Å². The van der Waals surface area contributed by atoms with Crippen LogP contribution in [-0.4, -0.2) is 0 Å².